The maximum atomic E-state index is 12.2. The lowest BCUT2D eigenvalue weighted by Crippen LogP contribution is -2.22. The zero-order valence-electron chi connectivity index (χ0n) is 16.5. The lowest BCUT2D eigenvalue weighted by Gasteiger charge is -2.18. The van der Waals surface area contributed by atoms with Gasteiger partial charge in [0.1, 0.15) is 6.07 Å². The van der Waals surface area contributed by atoms with Crippen molar-refractivity contribution in [3.8, 4) is 6.07 Å². The number of hydrogen-bond acceptors (Lipinski definition) is 4. The summed E-state index contributed by atoms with van der Waals surface area (Å²) in [5.41, 5.74) is 5.40. The van der Waals surface area contributed by atoms with E-state index >= 15 is 0 Å². The summed E-state index contributed by atoms with van der Waals surface area (Å²) in [6.07, 6.45) is 0.00298. The lowest BCUT2D eigenvalue weighted by atomic mass is 9.87. The first-order valence-electron chi connectivity index (χ1n) is 8.93. The van der Waals surface area contributed by atoms with Crippen LogP contribution in [0.2, 0.25) is 0 Å². The number of carbonyl (C=O) groups is 2. The van der Waals surface area contributed by atoms with E-state index in [4.69, 9.17) is 5.26 Å². The van der Waals surface area contributed by atoms with Gasteiger partial charge in [-0.1, -0.05) is 45.0 Å². The third kappa shape index (κ3) is 5.78. The molecule has 28 heavy (non-hydrogen) atoms. The second kappa shape index (κ2) is 8.96. The number of nitrogens with zero attached hydrogens (tertiary/aromatic N) is 2. The van der Waals surface area contributed by atoms with Crippen LogP contribution in [-0.2, 0) is 10.2 Å². The van der Waals surface area contributed by atoms with E-state index in [-0.39, 0.29) is 23.7 Å². The standard InChI is InChI=1S/C22H24N4O2/c1-15(13-20(27)24-19-8-6-5-7-17(19)14-23)25-26-21(28)16-9-11-18(12-10-16)22(2,3)4/h5-12H,13H2,1-4H3,(H,24,27)(H,26,28)/b25-15-. The molecule has 0 bridgehead atoms. The van der Waals surface area contributed by atoms with Crippen molar-refractivity contribution in [1.82, 2.24) is 5.43 Å². The first-order valence-corrected chi connectivity index (χ1v) is 8.93. The highest BCUT2D eigenvalue weighted by molar-refractivity contribution is 6.06. The molecule has 0 atom stereocenters. The van der Waals surface area contributed by atoms with Gasteiger partial charge in [0.05, 0.1) is 17.7 Å². The molecular formula is C22H24N4O2. The summed E-state index contributed by atoms with van der Waals surface area (Å²) < 4.78 is 0. The van der Waals surface area contributed by atoms with E-state index in [2.05, 4.69) is 36.6 Å². The van der Waals surface area contributed by atoms with Gasteiger partial charge in [-0.2, -0.15) is 10.4 Å². The number of anilines is 1. The smallest absolute Gasteiger partial charge is 0.271 e. The SMILES string of the molecule is C/C(CC(=O)Nc1ccccc1C#N)=N/NC(=O)c1ccc(C(C)(C)C)cc1. The van der Waals surface area contributed by atoms with Crippen LogP contribution in [0, 0.1) is 11.3 Å². The number of nitriles is 1. The second-order valence-corrected chi connectivity index (χ2v) is 7.50. The first-order chi connectivity index (χ1) is 13.2. The van der Waals surface area contributed by atoms with Gasteiger partial charge < -0.3 is 5.32 Å². The van der Waals surface area contributed by atoms with Gasteiger partial charge in [0, 0.05) is 11.3 Å². The Kier molecular flexibility index (Phi) is 6.67. The number of hydrazone groups is 1. The molecule has 0 aromatic heterocycles. The van der Waals surface area contributed by atoms with Gasteiger partial charge in [-0.3, -0.25) is 9.59 Å². The Morgan fingerprint density at radius 3 is 2.32 bits per heavy atom. The second-order valence-electron chi connectivity index (χ2n) is 7.50. The molecule has 0 saturated carbocycles. The number of rotatable bonds is 5. The van der Waals surface area contributed by atoms with Crippen molar-refractivity contribution in [2.24, 2.45) is 5.10 Å². The van der Waals surface area contributed by atoms with Crippen LogP contribution in [0.5, 0.6) is 0 Å². The van der Waals surface area contributed by atoms with E-state index in [0.29, 0.717) is 22.5 Å². The Balaban J connectivity index is 1.94. The Hall–Kier alpha value is -3.46. The molecule has 0 unspecified atom stereocenters. The molecule has 0 aliphatic rings. The van der Waals surface area contributed by atoms with Crippen LogP contribution in [0.15, 0.2) is 53.6 Å². The molecule has 2 N–H and O–H groups in total. The molecule has 0 aliphatic heterocycles. The molecule has 0 radical (unpaired) electrons. The monoisotopic (exact) mass is 376 g/mol. The summed E-state index contributed by atoms with van der Waals surface area (Å²) in [6, 6.07) is 16.1. The Bertz CT molecular complexity index is 932. The van der Waals surface area contributed by atoms with Crippen LogP contribution in [0.3, 0.4) is 0 Å². The summed E-state index contributed by atoms with van der Waals surface area (Å²) in [5, 5.41) is 15.7. The number of hydrogen-bond donors (Lipinski definition) is 2. The molecule has 2 rings (SSSR count). The van der Waals surface area contributed by atoms with Gasteiger partial charge in [-0.05, 0) is 42.2 Å². The fourth-order valence-electron chi connectivity index (χ4n) is 2.49. The van der Waals surface area contributed by atoms with Crippen LogP contribution >= 0.6 is 0 Å². The van der Waals surface area contributed by atoms with Crippen molar-refractivity contribution in [3.05, 3.63) is 65.2 Å². The summed E-state index contributed by atoms with van der Waals surface area (Å²) in [5.74, 6) is -0.650. The fourth-order valence-corrected chi connectivity index (χ4v) is 2.49. The van der Waals surface area contributed by atoms with E-state index in [1.54, 1.807) is 43.3 Å². The zero-order valence-corrected chi connectivity index (χ0v) is 16.5. The Morgan fingerprint density at radius 2 is 1.71 bits per heavy atom. The molecule has 0 fully saturated rings. The minimum atomic E-state index is -0.338. The Morgan fingerprint density at radius 1 is 1.07 bits per heavy atom. The number of amides is 2. The van der Waals surface area contributed by atoms with Crippen molar-refractivity contribution in [2.75, 3.05) is 5.32 Å². The minimum Gasteiger partial charge on any atom is -0.325 e. The molecule has 0 aliphatic carbocycles. The van der Waals surface area contributed by atoms with Gasteiger partial charge in [0.15, 0.2) is 0 Å². The molecule has 6 nitrogen and oxygen atoms in total. The molecule has 6 heteroatoms. The Labute approximate surface area is 165 Å². The third-order valence-electron chi connectivity index (χ3n) is 4.10. The third-order valence-corrected chi connectivity index (χ3v) is 4.10. The molecule has 0 spiro atoms. The lowest BCUT2D eigenvalue weighted by molar-refractivity contribution is -0.115. The van der Waals surface area contributed by atoms with Crippen LogP contribution in [-0.4, -0.2) is 17.5 Å². The minimum absolute atomic E-state index is 0.00298. The van der Waals surface area contributed by atoms with E-state index in [1.807, 2.05) is 18.2 Å². The fraction of sp³-hybridized carbons (Fsp3) is 0.273. The van der Waals surface area contributed by atoms with Gasteiger partial charge in [0.25, 0.3) is 5.91 Å². The predicted molar refractivity (Wildman–Crippen MR) is 110 cm³/mol. The molecule has 0 heterocycles. The van der Waals surface area contributed by atoms with Crippen LogP contribution < -0.4 is 10.7 Å². The van der Waals surface area contributed by atoms with Gasteiger partial charge >= 0.3 is 0 Å². The highest BCUT2D eigenvalue weighted by Gasteiger charge is 2.14. The molecular weight excluding hydrogens is 352 g/mol. The molecule has 0 saturated heterocycles. The van der Waals surface area contributed by atoms with Crippen molar-refractivity contribution in [3.63, 3.8) is 0 Å². The van der Waals surface area contributed by atoms with E-state index in [9.17, 15) is 9.59 Å². The molecule has 2 aromatic carbocycles. The highest BCUT2D eigenvalue weighted by atomic mass is 16.2. The summed E-state index contributed by atoms with van der Waals surface area (Å²) >= 11 is 0. The van der Waals surface area contributed by atoms with Crippen molar-refractivity contribution >= 4 is 23.2 Å². The van der Waals surface area contributed by atoms with Crippen LogP contribution in [0.1, 0.15) is 55.6 Å². The summed E-state index contributed by atoms with van der Waals surface area (Å²) in [4.78, 5) is 24.3. The average molecular weight is 376 g/mol. The first kappa shape index (κ1) is 20.8. The quantitative estimate of drug-likeness (QED) is 0.610. The molecule has 2 aromatic rings. The zero-order chi connectivity index (χ0) is 20.7. The van der Waals surface area contributed by atoms with Crippen molar-refractivity contribution in [2.45, 2.75) is 39.5 Å². The summed E-state index contributed by atoms with van der Waals surface area (Å²) in [7, 11) is 0. The maximum Gasteiger partial charge on any atom is 0.271 e. The van der Waals surface area contributed by atoms with Crippen LogP contribution in [0.25, 0.3) is 0 Å². The van der Waals surface area contributed by atoms with E-state index in [0.717, 1.165) is 5.56 Å². The molecule has 2 amide bonds. The number of carbonyl (C=O) groups excluding carboxylic acids is 2. The average Bonchev–Trinajstić information content (AvgIpc) is 2.66. The largest absolute Gasteiger partial charge is 0.325 e. The predicted octanol–water partition coefficient (Wildman–Crippen LogP) is 3.99. The number of nitrogens with one attached hydrogen (secondary N) is 2. The number of benzene rings is 2. The maximum absolute atomic E-state index is 12.2. The van der Waals surface area contributed by atoms with Gasteiger partial charge in [-0.25, -0.2) is 5.43 Å². The van der Waals surface area contributed by atoms with E-state index < -0.39 is 0 Å². The normalized spacial score (nSPS) is 11.5. The van der Waals surface area contributed by atoms with E-state index in [1.165, 1.54) is 0 Å². The topological polar surface area (TPSA) is 94.3 Å². The number of para-hydroxylation sites is 1. The van der Waals surface area contributed by atoms with Gasteiger partial charge in [-0.15, -0.1) is 0 Å². The summed E-state index contributed by atoms with van der Waals surface area (Å²) in [6.45, 7) is 7.97. The van der Waals surface area contributed by atoms with Crippen molar-refractivity contribution < 1.29 is 9.59 Å². The molecule has 144 valence electrons. The van der Waals surface area contributed by atoms with Gasteiger partial charge in [0.2, 0.25) is 5.91 Å². The van der Waals surface area contributed by atoms with Crippen LogP contribution in [0.4, 0.5) is 5.69 Å². The highest BCUT2D eigenvalue weighted by Crippen LogP contribution is 2.22. The van der Waals surface area contributed by atoms with Crippen molar-refractivity contribution in [1.29, 1.82) is 5.26 Å².